The van der Waals surface area contributed by atoms with Crippen molar-refractivity contribution in [2.45, 2.75) is 52.2 Å². The number of piperidine rings is 1. The molecule has 0 bridgehead atoms. The molecule has 8 heteroatoms. The van der Waals surface area contributed by atoms with E-state index in [2.05, 4.69) is 10.2 Å². The summed E-state index contributed by atoms with van der Waals surface area (Å²) in [7, 11) is 0. The first-order valence-corrected chi connectivity index (χ1v) is 10.4. The van der Waals surface area contributed by atoms with Gasteiger partial charge < -0.3 is 19.7 Å². The van der Waals surface area contributed by atoms with Gasteiger partial charge in [-0.2, -0.15) is 0 Å². The van der Waals surface area contributed by atoms with Crippen LogP contribution in [0.25, 0.3) is 10.2 Å². The third-order valence-electron chi connectivity index (χ3n) is 4.37. The van der Waals surface area contributed by atoms with Crippen molar-refractivity contribution in [3.8, 4) is 0 Å². The number of nitrogens with one attached hydrogen (secondary N) is 1. The highest BCUT2D eigenvalue weighted by atomic mass is 32.1. The molecule has 1 fully saturated rings. The van der Waals surface area contributed by atoms with Crippen LogP contribution in [0.4, 0.5) is 9.93 Å². The fourth-order valence-electron chi connectivity index (χ4n) is 3.08. The topological polar surface area (TPSA) is 80.8 Å². The maximum absolute atomic E-state index is 11.9. The molecule has 1 amide bonds. The van der Waals surface area contributed by atoms with Crippen LogP contribution in [0.5, 0.6) is 0 Å². The van der Waals surface area contributed by atoms with Gasteiger partial charge in [0.1, 0.15) is 5.60 Å². The largest absolute Gasteiger partial charge is 0.462 e. The van der Waals surface area contributed by atoms with Crippen LogP contribution >= 0.6 is 11.3 Å². The van der Waals surface area contributed by atoms with Gasteiger partial charge in [0.25, 0.3) is 0 Å². The smallest absolute Gasteiger partial charge is 0.407 e. The Kier molecular flexibility index (Phi) is 6.07. The molecule has 0 aliphatic carbocycles. The molecule has 152 valence electrons. The van der Waals surface area contributed by atoms with E-state index in [0.717, 1.165) is 41.3 Å². The minimum absolute atomic E-state index is 0.107. The quantitative estimate of drug-likeness (QED) is 0.776. The van der Waals surface area contributed by atoms with Crippen molar-refractivity contribution in [3.05, 3.63) is 23.8 Å². The van der Waals surface area contributed by atoms with Gasteiger partial charge in [0, 0.05) is 19.1 Å². The van der Waals surface area contributed by atoms with Crippen molar-refractivity contribution in [2.24, 2.45) is 0 Å². The number of rotatable bonds is 4. The van der Waals surface area contributed by atoms with E-state index in [1.54, 1.807) is 24.3 Å². The number of ether oxygens (including phenoxy) is 2. The monoisotopic (exact) mass is 405 g/mol. The summed E-state index contributed by atoms with van der Waals surface area (Å²) in [5.41, 5.74) is 0.931. The molecule has 3 rings (SSSR count). The molecule has 1 aromatic heterocycles. The van der Waals surface area contributed by atoms with Crippen LogP contribution in [0.2, 0.25) is 0 Å². The minimum atomic E-state index is -0.492. The van der Waals surface area contributed by atoms with Gasteiger partial charge in [-0.25, -0.2) is 14.6 Å². The number of nitrogens with zero attached hydrogens (tertiary/aromatic N) is 2. The fraction of sp³-hybridized carbons (Fsp3) is 0.550. The van der Waals surface area contributed by atoms with Crippen molar-refractivity contribution in [2.75, 3.05) is 24.6 Å². The lowest BCUT2D eigenvalue weighted by atomic mass is 10.1. The zero-order valence-electron chi connectivity index (χ0n) is 16.8. The molecular formula is C20H27N3O4S. The SMILES string of the molecule is CCOC(=O)c1ccc2nc(N3CCC(NC(=O)OC(C)(C)C)CC3)sc2c1. The van der Waals surface area contributed by atoms with Crippen LogP contribution in [0.15, 0.2) is 18.2 Å². The predicted molar refractivity (Wildman–Crippen MR) is 110 cm³/mol. The number of esters is 1. The minimum Gasteiger partial charge on any atom is -0.462 e. The molecule has 1 aliphatic rings. The number of amides is 1. The molecule has 0 spiro atoms. The van der Waals surface area contributed by atoms with E-state index in [4.69, 9.17) is 14.5 Å². The first-order chi connectivity index (χ1) is 13.2. The highest BCUT2D eigenvalue weighted by molar-refractivity contribution is 7.22. The molecule has 28 heavy (non-hydrogen) atoms. The van der Waals surface area contributed by atoms with Crippen molar-refractivity contribution >= 4 is 38.7 Å². The standard InChI is InChI=1S/C20H27N3O4S/c1-5-26-17(24)13-6-7-15-16(12-13)28-18(22-15)23-10-8-14(9-11-23)21-19(25)27-20(2,3)4/h6-7,12,14H,5,8-11H2,1-4H3,(H,21,25). The summed E-state index contributed by atoms with van der Waals surface area (Å²) in [6.45, 7) is 9.34. The van der Waals surface area contributed by atoms with Crippen molar-refractivity contribution in [1.82, 2.24) is 10.3 Å². The molecule has 0 saturated carbocycles. The van der Waals surface area contributed by atoms with Gasteiger partial charge in [-0.05, 0) is 58.7 Å². The van der Waals surface area contributed by atoms with E-state index in [1.807, 2.05) is 32.9 Å². The maximum Gasteiger partial charge on any atom is 0.407 e. The van der Waals surface area contributed by atoms with Crippen molar-refractivity contribution in [1.29, 1.82) is 0 Å². The lowest BCUT2D eigenvalue weighted by Gasteiger charge is -2.32. The van der Waals surface area contributed by atoms with Gasteiger partial charge in [0.2, 0.25) is 0 Å². The van der Waals surface area contributed by atoms with Gasteiger partial charge in [0.05, 0.1) is 22.4 Å². The van der Waals surface area contributed by atoms with Crippen molar-refractivity contribution < 1.29 is 19.1 Å². The number of carbonyl (C=O) groups is 2. The first-order valence-electron chi connectivity index (χ1n) is 9.57. The number of alkyl carbamates (subject to hydrolysis) is 1. The Balaban J connectivity index is 1.60. The maximum atomic E-state index is 11.9. The van der Waals surface area contributed by atoms with Crippen LogP contribution in [0.1, 0.15) is 50.9 Å². The second-order valence-electron chi connectivity index (χ2n) is 7.81. The summed E-state index contributed by atoms with van der Waals surface area (Å²) in [6, 6.07) is 5.56. The van der Waals surface area contributed by atoms with Gasteiger partial charge in [-0.3, -0.25) is 0 Å². The summed E-state index contributed by atoms with van der Waals surface area (Å²) >= 11 is 1.57. The lowest BCUT2D eigenvalue weighted by molar-refractivity contribution is 0.0493. The summed E-state index contributed by atoms with van der Waals surface area (Å²) in [5, 5.41) is 3.89. The molecule has 0 unspecified atom stereocenters. The molecular weight excluding hydrogens is 378 g/mol. The first kappa shape index (κ1) is 20.4. The Labute approximate surface area is 169 Å². The Morgan fingerprint density at radius 1 is 1.29 bits per heavy atom. The second-order valence-corrected chi connectivity index (χ2v) is 8.82. The molecule has 7 nitrogen and oxygen atoms in total. The molecule has 1 saturated heterocycles. The molecule has 1 N–H and O–H groups in total. The van der Waals surface area contributed by atoms with Crippen LogP contribution in [0, 0.1) is 0 Å². The van der Waals surface area contributed by atoms with Gasteiger partial charge in [-0.15, -0.1) is 0 Å². The Hall–Kier alpha value is -2.35. The second kappa shape index (κ2) is 8.34. The van der Waals surface area contributed by atoms with Crippen LogP contribution in [0.3, 0.4) is 0 Å². The third kappa shape index (κ3) is 5.13. The van der Waals surface area contributed by atoms with E-state index in [-0.39, 0.29) is 18.1 Å². The summed E-state index contributed by atoms with van der Waals surface area (Å²) in [4.78, 5) is 30.8. The van der Waals surface area contributed by atoms with E-state index in [0.29, 0.717) is 12.2 Å². The van der Waals surface area contributed by atoms with E-state index in [9.17, 15) is 9.59 Å². The number of benzene rings is 1. The highest BCUT2D eigenvalue weighted by Crippen LogP contribution is 2.31. The average molecular weight is 406 g/mol. The lowest BCUT2D eigenvalue weighted by Crippen LogP contribution is -2.46. The zero-order valence-corrected chi connectivity index (χ0v) is 17.6. The predicted octanol–water partition coefficient (Wildman–Crippen LogP) is 3.97. The molecule has 2 heterocycles. The van der Waals surface area contributed by atoms with Crippen LogP contribution in [-0.2, 0) is 9.47 Å². The molecule has 2 aromatic rings. The number of hydrogen-bond acceptors (Lipinski definition) is 7. The Bertz CT molecular complexity index is 851. The summed E-state index contributed by atoms with van der Waals surface area (Å²) in [6.07, 6.45) is 1.31. The number of thiazole rings is 1. The number of aromatic nitrogens is 1. The van der Waals surface area contributed by atoms with Gasteiger partial charge in [-0.1, -0.05) is 11.3 Å². The van der Waals surface area contributed by atoms with Crippen LogP contribution < -0.4 is 10.2 Å². The van der Waals surface area contributed by atoms with Gasteiger partial charge in [0.15, 0.2) is 5.13 Å². The number of fused-ring (bicyclic) bond motifs is 1. The molecule has 0 radical (unpaired) electrons. The normalized spacial score (nSPS) is 15.5. The van der Waals surface area contributed by atoms with E-state index >= 15 is 0 Å². The van der Waals surface area contributed by atoms with E-state index < -0.39 is 5.60 Å². The fourth-order valence-corrected chi connectivity index (χ4v) is 4.13. The Morgan fingerprint density at radius 3 is 2.64 bits per heavy atom. The number of carbonyl (C=O) groups excluding carboxylic acids is 2. The van der Waals surface area contributed by atoms with Gasteiger partial charge >= 0.3 is 12.1 Å². The van der Waals surface area contributed by atoms with Crippen molar-refractivity contribution in [3.63, 3.8) is 0 Å². The average Bonchev–Trinajstić information content (AvgIpc) is 3.04. The summed E-state index contributed by atoms with van der Waals surface area (Å²) < 4.78 is 11.4. The summed E-state index contributed by atoms with van der Waals surface area (Å²) in [5.74, 6) is -0.312. The highest BCUT2D eigenvalue weighted by Gasteiger charge is 2.25. The molecule has 1 aliphatic heterocycles. The third-order valence-corrected chi connectivity index (χ3v) is 5.45. The molecule has 1 aromatic carbocycles. The zero-order chi connectivity index (χ0) is 20.3. The number of hydrogen-bond donors (Lipinski definition) is 1. The van der Waals surface area contributed by atoms with E-state index in [1.165, 1.54) is 0 Å². The molecule has 0 atom stereocenters. The number of anilines is 1. The Morgan fingerprint density at radius 2 is 2.00 bits per heavy atom. The van der Waals surface area contributed by atoms with Crippen LogP contribution in [-0.4, -0.2) is 48.4 Å².